The van der Waals surface area contributed by atoms with Gasteiger partial charge in [0, 0.05) is 17.9 Å². The number of phenolic OH excluding ortho intramolecular Hbond substituents is 2. The van der Waals surface area contributed by atoms with Crippen molar-refractivity contribution in [2.24, 2.45) is 17.4 Å². The fourth-order valence-corrected chi connectivity index (χ4v) is 7.40. The number of carbonyl (C=O) groups is 12. The fraction of sp³-hybridized carbons (Fsp3) is 0.489. The van der Waals surface area contributed by atoms with Crippen molar-refractivity contribution in [1.82, 2.24) is 47.9 Å². The van der Waals surface area contributed by atoms with Crippen molar-refractivity contribution < 1.29 is 83.1 Å². The van der Waals surface area contributed by atoms with E-state index in [9.17, 15) is 83.1 Å². The largest absolute Gasteiger partial charge is 0.508 e. The average molecular weight is 1120 g/mol. The summed E-state index contributed by atoms with van der Waals surface area (Å²) in [5.74, 6) is -14.6. The van der Waals surface area contributed by atoms with Gasteiger partial charge >= 0.3 is 11.9 Å². The molecule has 77 heavy (non-hydrogen) atoms. The summed E-state index contributed by atoms with van der Waals surface area (Å²) in [6.07, 6.45) is -3.87. The number of primary amides is 1. The van der Waals surface area contributed by atoms with Crippen molar-refractivity contribution in [3.8, 4) is 11.5 Å². The number of amides is 10. The van der Waals surface area contributed by atoms with Crippen LogP contribution in [-0.4, -0.2) is 175 Å². The quantitative estimate of drug-likeness (QED) is 0.0305. The Balaban J connectivity index is 2.10. The van der Waals surface area contributed by atoms with Crippen LogP contribution in [-0.2, 0) is 70.4 Å². The number of rotatable bonds is 32. The number of aromatic hydroxyl groups is 2. The lowest BCUT2D eigenvalue weighted by molar-refractivity contribution is -0.141. The zero-order valence-corrected chi connectivity index (χ0v) is 44.1. The first kappa shape index (κ1) is 65.4. The van der Waals surface area contributed by atoms with Gasteiger partial charge in [0.2, 0.25) is 59.1 Å². The summed E-state index contributed by atoms with van der Waals surface area (Å²) in [5.41, 5.74) is 12.6. The maximum absolute atomic E-state index is 13.6. The summed E-state index contributed by atoms with van der Waals surface area (Å²) in [7, 11) is 0. The van der Waals surface area contributed by atoms with Gasteiger partial charge in [0.1, 0.15) is 59.8 Å². The van der Waals surface area contributed by atoms with E-state index in [0.29, 0.717) is 11.1 Å². The van der Waals surface area contributed by atoms with E-state index in [-0.39, 0.29) is 48.2 Å². The maximum Gasteiger partial charge on any atom is 0.305 e. The standard InChI is InChI=1S/C47H67N11O17S2/c1-21(2)13-30(43(71)51-22(3)40(68)58-38(23(4)59)47(75)57-34(20-77)45(73)53-29(39(49)67)15-25-7-11-27(61)12-8-25)54-44(72)32(17-37(65)66)52-35(62)18-50-42(70)31(16-36(63)64)55-46(74)33(19-76)56-41(69)28(48)14-24-5-9-26(60)10-6-24/h5-12,21-23,28-34,38,59-61,76-77H,13-20,48H2,1-4H3,(H2,49,67)(H,50,70)(H,51,71)(H,52,62)(H,53,73)(H,54,72)(H,55,74)(H,56,69)(H,57,75)(H,58,68)(H,63,64)(H,65,66)/t22-,23+,28-,29-,30-,31-,32-,33-,34-,38-/m0/s1. The van der Waals surface area contributed by atoms with E-state index in [2.05, 4.69) is 73.1 Å². The average Bonchev–Trinajstić information content (AvgIpc) is 3.35. The Morgan fingerprint density at radius 3 is 1.38 bits per heavy atom. The number of phenols is 2. The number of benzene rings is 2. The van der Waals surface area contributed by atoms with Crippen LogP contribution in [0.15, 0.2) is 48.5 Å². The van der Waals surface area contributed by atoms with Crippen molar-refractivity contribution in [1.29, 1.82) is 0 Å². The highest BCUT2D eigenvalue weighted by Crippen LogP contribution is 2.13. The summed E-state index contributed by atoms with van der Waals surface area (Å²) < 4.78 is 0. The molecule has 424 valence electrons. The summed E-state index contributed by atoms with van der Waals surface area (Å²) in [5, 5.41) is 68.9. The van der Waals surface area contributed by atoms with Gasteiger partial charge in [-0.3, -0.25) is 57.5 Å². The number of carbonyl (C=O) groups excluding carboxylic acids is 10. The third kappa shape index (κ3) is 23.4. The molecule has 10 amide bonds. The number of thiol groups is 2. The summed E-state index contributed by atoms with van der Waals surface area (Å²) in [4.78, 5) is 155. The van der Waals surface area contributed by atoms with Crippen molar-refractivity contribution in [2.75, 3.05) is 18.1 Å². The van der Waals surface area contributed by atoms with Gasteiger partial charge in [-0.25, -0.2) is 0 Å². The second kappa shape index (κ2) is 32.0. The van der Waals surface area contributed by atoms with Gasteiger partial charge in [-0.1, -0.05) is 38.1 Å². The molecule has 0 spiro atoms. The molecule has 2 aromatic carbocycles. The van der Waals surface area contributed by atoms with Crippen LogP contribution in [0.25, 0.3) is 0 Å². The zero-order valence-electron chi connectivity index (χ0n) is 42.3. The molecule has 18 N–H and O–H groups in total. The lowest BCUT2D eigenvalue weighted by atomic mass is 10.0. The van der Waals surface area contributed by atoms with Gasteiger partial charge in [0.15, 0.2) is 0 Å². The highest BCUT2D eigenvalue weighted by molar-refractivity contribution is 7.80. The Morgan fingerprint density at radius 2 is 0.922 bits per heavy atom. The van der Waals surface area contributed by atoms with Crippen LogP contribution in [0.2, 0.25) is 0 Å². The molecule has 0 bridgehead atoms. The smallest absolute Gasteiger partial charge is 0.305 e. The van der Waals surface area contributed by atoms with E-state index in [1.54, 1.807) is 13.8 Å². The van der Waals surface area contributed by atoms with Crippen LogP contribution in [0.5, 0.6) is 11.5 Å². The van der Waals surface area contributed by atoms with E-state index >= 15 is 0 Å². The van der Waals surface area contributed by atoms with E-state index in [0.717, 1.165) is 6.92 Å². The number of hydrogen-bond donors (Lipinski definition) is 18. The third-order valence-corrected chi connectivity index (χ3v) is 11.7. The second-order valence-electron chi connectivity index (χ2n) is 18.0. The Hall–Kier alpha value is -7.70. The lowest BCUT2D eigenvalue weighted by Crippen LogP contribution is -2.61. The number of carboxylic acid groups (broad SMARTS) is 2. The third-order valence-electron chi connectivity index (χ3n) is 11.0. The zero-order chi connectivity index (χ0) is 58.3. The van der Waals surface area contributed by atoms with Crippen LogP contribution < -0.4 is 59.3 Å². The molecule has 0 aromatic heterocycles. The number of hydrogen-bond acceptors (Lipinski definition) is 18. The molecule has 2 rings (SSSR count). The van der Waals surface area contributed by atoms with Gasteiger partial charge < -0.3 is 84.9 Å². The van der Waals surface area contributed by atoms with Crippen molar-refractivity contribution in [2.45, 2.75) is 120 Å². The molecule has 0 unspecified atom stereocenters. The summed E-state index contributed by atoms with van der Waals surface area (Å²) >= 11 is 8.15. The van der Waals surface area contributed by atoms with Crippen molar-refractivity contribution in [3.05, 3.63) is 59.7 Å². The van der Waals surface area contributed by atoms with Crippen LogP contribution in [0.1, 0.15) is 58.1 Å². The minimum absolute atomic E-state index is 0.000236. The topological polar surface area (TPSA) is 466 Å². The molecule has 2 aromatic rings. The number of nitrogens with one attached hydrogen (secondary N) is 9. The van der Waals surface area contributed by atoms with E-state index in [1.165, 1.54) is 55.5 Å². The summed E-state index contributed by atoms with van der Waals surface area (Å²) in [6.45, 7) is 4.63. The van der Waals surface area contributed by atoms with Crippen LogP contribution in [0.3, 0.4) is 0 Å². The van der Waals surface area contributed by atoms with Gasteiger partial charge in [-0.15, -0.1) is 0 Å². The number of aliphatic hydroxyl groups is 1. The molecule has 0 aliphatic rings. The molecule has 30 heteroatoms. The number of aliphatic hydroxyl groups excluding tert-OH is 1. The van der Waals surface area contributed by atoms with E-state index in [4.69, 9.17) is 11.5 Å². The highest BCUT2D eigenvalue weighted by Gasteiger charge is 2.35. The van der Waals surface area contributed by atoms with Gasteiger partial charge in [0.05, 0.1) is 31.5 Å². The number of aliphatic carboxylic acids is 2. The predicted molar refractivity (Wildman–Crippen MR) is 278 cm³/mol. The minimum atomic E-state index is -1.90. The second-order valence-corrected chi connectivity index (χ2v) is 18.8. The normalized spacial score (nSPS) is 14.9. The molecule has 0 saturated heterocycles. The molecule has 0 heterocycles. The Morgan fingerprint density at radius 1 is 0.506 bits per heavy atom. The van der Waals surface area contributed by atoms with Gasteiger partial charge in [0.25, 0.3) is 0 Å². The highest BCUT2D eigenvalue weighted by atomic mass is 32.1. The minimum Gasteiger partial charge on any atom is -0.508 e. The number of carboxylic acids is 2. The van der Waals surface area contributed by atoms with Crippen LogP contribution in [0.4, 0.5) is 0 Å². The monoisotopic (exact) mass is 1120 g/mol. The SMILES string of the molecule is CC(C)C[C@H](NC(=O)[C@H](CC(=O)O)NC(=O)CNC(=O)[C@H](CC(=O)O)NC(=O)[C@H](CS)NC(=O)[C@@H](N)Cc1ccc(O)cc1)C(=O)N[C@@H](C)C(=O)N[C@H](C(=O)N[C@@H](CS)C(=O)N[C@@H](Cc1ccc(O)cc1)C(N)=O)[C@@H](C)O. The lowest BCUT2D eigenvalue weighted by Gasteiger charge is -2.27. The van der Waals surface area contributed by atoms with Gasteiger partial charge in [-0.05, 0) is 68.0 Å². The Kier molecular flexibility index (Phi) is 27.2. The van der Waals surface area contributed by atoms with Crippen LogP contribution >= 0.6 is 25.3 Å². The van der Waals surface area contributed by atoms with E-state index in [1.807, 2.05) is 0 Å². The molecular formula is C47H67N11O17S2. The van der Waals surface area contributed by atoms with Gasteiger partial charge in [-0.2, -0.15) is 25.3 Å². The Labute approximate surface area is 452 Å². The first-order valence-corrected chi connectivity index (χ1v) is 25.0. The number of nitrogens with two attached hydrogens (primary N) is 2. The molecule has 28 nitrogen and oxygen atoms in total. The Bertz CT molecular complexity index is 2430. The molecular weight excluding hydrogens is 1050 g/mol. The van der Waals surface area contributed by atoms with Crippen molar-refractivity contribution >= 4 is 96.3 Å². The summed E-state index contributed by atoms with van der Waals surface area (Å²) in [6, 6.07) is -2.24. The van der Waals surface area contributed by atoms with Crippen molar-refractivity contribution in [3.63, 3.8) is 0 Å². The molecule has 0 aliphatic heterocycles. The first-order chi connectivity index (χ1) is 36.0. The molecule has 0 radical (unpaired) electrons. The van der Waals surface area contributed by atoms with E-state index < -0.39 is 151 Å². The predicted octanol–water partition coefficient (Wildman–Crippen LogP) is -5.05. The molecule has 0 aliphatic carbocycles. The maximum atomic E-state index is 13.6. The van der Waals surface area contributed by atoms with Crippen LogP contribution in [0, 0.1) is 5.92 Å². The first-order valence-electron chi connectivity index (χ1n) is 23.7. The fourth-order valence-electron chi connectivity index (χ4n) is 6.88. The molecule has 0 saturated carbocycles. The molecule has 10 atom stereocenters. The molecule has 0 fully saturated rings.